The van der Waals surface area contributed by atoms with Crippen molar-refractivity contribution in [1.29, 1.82) is 0 Å². The number of hydrogen-bond donors (Lipinski definition) is 1. The lowest BCUT2D eigenvalue weighted by atomic mass is 9.90. The van der Waals surface area contributed by atoms with E-state index in [0.29, 0.717) is 11.6 Å². The summed E-state index contributed by atoms with van der Waals surface area (Å²) >= 11 is 6.11. The molecule has 0 radical (unpaired) electrons. The van der Waals surface area contributed by atoms with Crippen LogP contribution in [0.2, 0.25) is 5.02 Å². The van der Waals surface area contributed by atoms with Crippen LogP contribution in [0.15, 0.2) is 24.3 Å². The Morgan fingerprint density at radius 2 is 2.16 bits per heavy atom. The number of piperazine rings is 1. The number of rotatable bonds is 2. The molecule has 1 N–H and O–H groups in total. The van der Waals surface area contributed by atoms with E-state index >= 15 is 0 Å². The minimum atomic E-state index is 0.398. The van der Waals surface area contributed by atoms with Crippen LogP contribution in [0.5, 0.6) is 0 Å². The summed E-state index contributed by atoms with van der Waals surface area (Å²) in [5, 5.41) is 4.52. The predicted molar refractivity (Wildman–Crippen MR) is 80.5 cm³/mol. The van der Waals surface area contributed by atoms with Gasteiger partial charge in [0, 0.05) is 36.2 Å². The normalized spacial score (nSPS) is 26.9. The van der Waals surface area contributed by atoms with Gasteiger partial charge in [0.1, 0.15) is 0 Å². The first-order chi connectivity index (χ1) is 9.18. The highest BCUT2D eigenvalue weighted by atomic mass is 35.5. The molecular weight excluding hydrogens is 256 g/mol. The van der Waals surface area contributed by atoms with Gasteiger partial charge >= 0.3 is 0 Å². The van der Waals surface area contributed by atoms with Gasteiger partial charge in [-0.1, -0.05) is 36.6 Å². The molecule has 1 saturated carbocycles. The summed E-state index contributed by atoms with van der Waals surface area (Å²) in [5.41, 5.74) is 1.74. The van der Waals surface area contributed by atoms with Gasteiger partial charge in [-0.15, -0.1) is 0 Å². The molecule has 0 aromatic heterocycles. The molecule has 1 aromatic rings. The minimum absolute atomic E-state index is 0.398. The van der Waals surface area contributed by atoms with Crippen molar-refractivity contribution in [3.05, 3.63) is 34.9 Å². The zero-order valence-electron chi connectivity index (χ0n) is 11.7. The van der Waals surface area contributed by atoms with Crippen LogP contribution >= 0.6 is 11.6 Å². The Balaban J connectivity index is 1.79. The minimum Gasteiger partial charge on any atom is -0.311 e. The van der Waals surface area contributed by atoms with Gasteiger partial charge in [0.05, 0.1) is 0 Å². The Morgan fingerprint density at radius 3 is 2.89 bits per heavy atom. The van der Waals surface area contributed by atoms with Gasteiger partial charge in [-0.05, 0) is 37.5 Å². The summed E-state index contributed by atoms with van der Waals surface area (Å²) < 4.78 is 0. The SMILES string of the molecule is CC1CN(Cc2cccc(Cl)c2)C2(CCCC2)CN1. The molecule has 2 aliphatic rings. The number of nitrogens with zero attached hydrogens (tertiary/aromatic N) is 1. The Bertz CT molecular complexity index is 440. The molecule has 3 rings (SSSR count). The highest BCUT2D eigenvalue weighted by Crippen LogP contribution is 2.37. The third kappa shape index (κ3) is 2.81. The van der Waals surface area contributed by atoms with Gasteiger partial charge in [0.15, 0.2) is 0 Å². The maximum Gasteiger partial charge on any atom is 0.0409 e. The Morgan fingerprint density at radius 1 is 1.37 bits per heavy atom. The van der Waals surface area contributed by atoms with Crippen LogP contribution in [0, 0.1) is 0 Å². The molecule has 104 valence electrons. The fraction of sp³-hybridized carbons (Fsp3) is 0.625. The summed E-state index contributed by atoms with van der Waals surface area (Å²) in [6.45, 7) is 5.61. The lowest BCUT2D eigenvalue weighted by Crippen LogP contribution is -2.62. The summed E-state index contributed by atoms with van der Waals surface area (Å²) in [6, 6.07) is 8.91. The molecule has 0 bridgehead atoms. The monoisotopic (exact) mass is 278 g/mol. The van der Waals surface area contributed by atoms with E-state index in [2.05, 4.69) is 35.3 Å². The first-order valence-electron chi connectivity index (χ1n) is 7.41. The average Bonchev–Trinajstić information content (AvgIpc) is 2.84. The molecule has 3 heteroatoms. The van der Waals surface area contributed by atoms with Crippen molar-refractivity contribution in [2.24, 2.45) is 0 Å². The second-order valence-corrected chi connectivity index (χ2v) is 6.66. The van der Waals surface area contributed by atoms with Crippen LogP contribution in [0.25, 0.3) is 0 Å². The van der Waals surface area contributed by atoms with Crippen LogP contribution in [0.3, 0.4) is 0 Å². The van der Waals surface area contributed by atoms with Crippen molar-refractivity contribution in [1.82, 2.24) is 10.2 Å². The topological polar surface area (TPSA) is 15.3 Å². The molecule has 19 heavy (non-hydrogen) atoms. The molecule has 1 aliphatic heterocycles. The summed E-state index contributed by atoms with van der Waals surface area (Å²) in [4.78, 5) is 2.70. The molecule has 1 aliphatic carbocycles. The predicted octanol–water partition coefficient (Wildman–Crippen LogP) is 3.45. The lowest BCUT2D eigenvalue weighted by molar-refractivity contribution is 0.0393. The van der Waals surface area contributed by atoms with Crippen molar-refractivity contribution >= 4 is 11.6 Å². The van der Waals surface area contributed by atoms with E-state index < -0.39 is 0 Å². The Hall–Kier alpha value is -0.570. The molecule has 0 amide bonds. The third-order valence-electron chi connectivity index (χ3n) is 4.74. The van der Waals surface area contributed by atoms with Crippen molar-refractivity contribution in [3.8, 4) is 0 Å². The fourth-order valence-electron chi connectivity index (χ4n) is 3.68. The first-order valence-corrected chi connectivity index (χ1v) is 7.79. The van der Waals surface area contributed by atoms with E-state index in [4.69, 9.17) is 11.6 Å². The second kappa shape index (κ2) is 5.43. The molecule has 1 aromatic carbocycles. The molecule has 1 spiro atoms. The van der Waals surface area contributed by atoms with E-state index in [1.54, 1.807) is 0 Å². The van der Waals surface area contributed by atoms with E-state index in [9.17, 15) is 0 Å². The smallest absolute Gasteiger partial charge is 0.0409 e. The molecule has 2 fully saturated rings. The van der Waals surface area contributed by atoms with Crippen LogP contribution in [-0.2, 0) is 6.54 Å². The van der Waals surface area contributed by atoms with Gasteiger partial charge < -0.3 is 5.32 Å². The summed E-state index contributed by atoms with van der Waals surface area (Å²) in [5.74, 6) is 0. The maximum absolute atomic E-state index is 6.11. The van der Waals surface area contributed by atoms with Crippen LogP contribution < -0.4 is 5.32 Å². The first kappa shape index (κ1) is 13.4. The number of hydrogen-bond acceptors (Lipinski definition) is 2. The number of halogens is 1. The Labute approximate surface area is 121 Å². The van der Waals surface area contributed by atoms with Crippen molar-refractivity contribution < 1.29 is 0 Å². The quantitative estimate of drug-likeness (QED) is 0.891. The van der Waals surface area contributed by atoms with E-state index in [-0.39, 0.29) is 0 Å². The van der Waals surface area contributed by atoms with Crippen molar-refractivity contribution in [3.63, 3.8) is 0 Å². The van der Waals surface area contributed by atoms with Crippen LogP contribution in [0.4, 0.5) is 0 Å². The van der Waals surface area contributed by atoms with Crippen molar-refractivity contribution in [2.45, 2.75) is 50.7 Å². The highest BCUT2D eigenvalue weighted by Gasteiger charge is 2.42. The van der Waals surface area contributed by atoms with Crippen LogP contribution in [0.1, 0.15) is 38.2 Å². The summed E-state index contributed by atoms with van der Waals surface area (Å²) in [7, 11) is 0. The molecule has 1 unspecified atom stereocenters. The highest BCUT2D eigenvalue weighted by molar-refractivity contribution is 6.30. The van der Waals surface area contributed by atoms with Gasteiger partial charge in [0.2, 0.25) is 0 Å². The average molecular weight is 279 g/mol. The number of nitrogens with one attached hydrogen (secondary N) is 1. The molecule has 1 heterocycles. The molecule has 1 saturated heterocycles. The largest absolute Gasteiger partial charge is 0.311 e. The third-order valence-corrected chi connectivity index (χ3v) is 4.98. The molecular formula is C16H23ClN2. The molecule has 1 atom stereocenters. The van der Waals surface area contributed by atoms with Gasteiger partial charge in [-0.25, -0.2) is 0 Å². The van der Waals surface area contributed by atoms with E-state index in [1.807, 2.05) is 6.07 Å². The van der Waals surface area contributed by atoms with Crippen LogP contribution in [-0.4, -0.2) is 29.6 Å². The standard InChI is InChI=1S/C16H23ClN2/c1-13-10-19(11-14-5-4-6-15(17)9-14)16(12-18-13)7-2-3-8-16/h4-6,9,13,18H,2-3,7-8,10-12H2,1H3. The van der Waals surface area contributed by atoms with Gasteiger partial charge in [-0.2, -0.15) is 0 Å². The fourth-order valence-corrected chi connectivity index (χ4v) is 3.89. The summed E-state index contributed by atoms with van der Waals surface area (Å²) in [6.07, 6.45) is 5.44. The second-order valence-electron chi connectivity index (χ2n) is 6.22. The zero-order chi connectivity index (χ0) is 13.3. The maximum atomic E-state index is 6.11. The Kier molecular flexibility index (Phi) is 3.84. The zero-order valence-corrected chi connectivity index (χ0v) is 12.4. The van der Waals surface area contributed by atoms with E-state index in [0.717, 1.165) is 24.7 Å². The lowest BCUT2D eigenvalue weighted by Gasteiger charge is -2.48. The van der Waals surface area contributed by atoms with Gasteiger partial charge in [0.25, 0.3) is 0 Å². The van der Waals surface area contributed by atoms with E-state index in [1.165, 1.54) is 31.2 Å². The number of benzene rings is 1. The van der Waals surface area contributed by atoms with Gasteiger partial charge in [-0.3, -0.25) is 4.90 Å². The van der Waals surface area contributed by atoms with Crippen molar-refractivity contribution in [2.75, 3.05) is 13.1 Å². The molecule has 2 nitrogen and oxygen atoms in total.